The number of imidazole rings is 1. The molecule has 0 atom stereocenters. The van der Waals surface area contributed by atoms with Gasteiger partial charge in [-0.3, -0.25) is 13.9 Å². The van der Waals surface area contributed by atoms with Crippen molar-refractivity contribution in [3.63, 3.8) is 0 Å². The normalized spacial score (nSPS) is 17.9. The van der Waals surface area contributed by atoms with Gasteiger partial charge in [0, 0.05) is 36.7 Å². The van der Waals surface area contributed by atoms with Crippen molar-refractivity contribution in [1.82, 2.24) is 24.1 Å². The number of benzene rings is 1. The maximum Gasteiger partial charge on any atom is 0.435 e. The summed E-state index contributed by atoms with van der Waals surface area (Å²) in [5.74, 6) is 0.811. The van der Waals surface area contributed by atoms with E-state index in [0.717, 1.165) is 35.9 Å². The highest BCUT2D eigenvalue weighted by molar-refractivity contribution is 5.99. The van der Waals surface area contributed by atoms with E-state index in [1.807, 2.05) is 6.92 Å². The van der Waals surface area contributed by atoms with Crippen molar-refractivity contribution in [2.75, 3.05) is 13.2 Å². The van der Waals surface area contributed by atoms with E-state index in [-0.39, 0.29) is 60.2 Å². The minimum absolute atomic E-state index is 0.0676. The lowest BCUT2D eigenvalue weighted by Crippen LogP contribution is -2.24. The molecule has 0 amide bonds. The molecule has 1 saturated carbocycles. The molecule has 40 heavy (non-hydrogen) atoms. The van der Waals surface area contributed by atoms with Gasteiger partial charge in [0.15, 0.2) is 11.5 Å². The highest BCUT2D eigenvalue weighted by atomic mass is 19.4. The molecule has 0 saturated heterocycles. The number of hydrogen-bond donors (Lipinski definition) is 2. The van der Waals surface area contributed by atoms with Crippen LogP contribution in [0.25, 0.3) is 16.9 Å². The molecule has 3 aromatic heterocycles. The van der Waals surface area contributed by atoms with Gasteiger partial charge in [-0.25, -0.2) is 9.97 Å². The van der Waals surface area contributed by atoms with Gasteiger partial charge in [0.25, 0.3) is 5.88 Å². The predicted molar refractivity (Wildman–Crippen MR) is 139 cm³/mol. The number of Topliss-reactive ketones (excluding diaryl/α,β-unsaturated/α-hetero) is 1. The largest absolute Gasteiger partial charge is 0.436 e. The molecular formula is C28H30F3N5O4. The van der Waals surface area contributed by atoms with Crippen LogP contribution in [0.3, 0.4) is 0 Å². The molecule has 4 aromatic rings. The van der Waals surface area contributed by atoms with Crippen molar-refractivity contribution in [3.8, 4) is 22.9 Å². The van der Waals surface area contributed by atoms with Gasteiger partial charge < -0.3 is 14.9 Å². The zero-order chi connectivity index (χ0) is 28.4. The second-order valence-corrected chi connectivity index (χ2v) is 9.98. The molecule has 2 N–H and O–H groups in total. The van der Waals surface area contributed by atoms with Gasteiger partial charge in [-0.2, -0.15) is 18.3 Å². The number of rotatable bonds is 9. The molecule has 12 heteroatoms. The van der Waals surface area contributed by atoms with Crippen LogP contribution in [-0.4, -0.2) is 53.4 Å². The monoisotopic (exact) mass is 557 g/mol. The summed E-state index contributed by atoms with van der Waals surface area (Å²) in [4.78, 5) is 21.8. The lowest BCUT2D eigenvalue weighted by Gasteiger charge is -2.26. The van der Waals surface area contributed by atoms with E-state index in [1.165, 1.54) is 29.2 Å². The van der Waals surface area contributed by atoms with Gasteiger partial charge in [-0.15, -0.1) is 0 Å². The number of hydrogen-bond acceptors (Lipinski definition) is 7. The molecule has 1 aliphatic carbocycles. The van der Waals surface area contributed by atoms with Crippen LogP contribution >= 0.6 is 0 Å². The predicted octanol–water partition coefficient (Wildman–Crippen LogP) is 4.94. The minimum atomic E-state index is -4.71. The Bertz CT molecular complexity index is 1510. The van der Waals surface area contributed by atoms with Crippen LogP contribution in [0, 0.1) is 11.8 Å². The molecule has 0 aliphatic heterocycles. The number of aromatic nitrogens is 5. The third-order valence-corrected chi connectivity index (χ3v) is 7.44. The van der Waals surface area contributed by atoms with Gasteiger partial charge in [-0.05, 0) is 61.8 Å². The zero-order valence-corrected chi connectivity index (χ0v) is 21.9. The second kappa shape index (κ2) is 11.4. The van der Waals surface area contributed by atoms with Crippen LogP contribution in [0.2, 0.25) is 0 Å². The van der Waals surface area contributed by atoms with Crippen LogP contribution in [-0.2, 0) is 19.1 Å². The van der Waals surface area contributed by atoms with Crippen molar-refractivity contribution in [2.45, 2.75) is 51.7 Å². The SMILES string of the molecule is CCc1cc(Oc2nccn3c(-c4cn(CCO)nc4C(F)(F)F)cnc23)ccc1C(=O)C1CCC(CO)CC1. The molecule has 3 heterocycles. The zero-order valence-electron chi connectivity index (χ0n) is 21.9. The van der Waals surface area contributed by atoms with Gasteiger partial charge in [0.1, 0.15) is 5.75 Å². The van der Waals surface area contributed by atoms with Crippen LogP contribution in [0.4, 0.5) is 13.2 Å². The van der Waals surface area contributed by atoms with Crippen LogP contribution in [0.15, 0.2) is 43.0 Å². The number of aryl methyl sites for hydroxylation is 1. The van der Waals surface area contributed by atoms with Crippen molar-refractivity contribution in [3.05, 3.63) is 59.8 Å². The van der Waals surface area contributed by atoms with E-state index in [4.69, 9.17) is 9.84 Å². The van der Waals surface area contributed by atoms with E-state index in [9.17, 15) is 23.1 Å². The first-order chi connectivity index (χ1) is 19.2. The van der Waals surface area contributed by atoms with E-state index in [0.29, 0.717) is 17.7 Å². The van der Waals surface area contributed by atoms with Crippen molar-refractivity contribution >= 4 is 11.4 Å². The number of aliphatic hydroxyl groups excluding tert-OH is 2. The Morgan fingerprint density at radius 2 is 1.93 bits per heavy atom. The number of fused-ring (bicyclic) bond motifs is 1. The average molecular weight is 558 g/mol. The summed E-state index contributed by atoms with van der Waals surface area (Å²) in [7, 11) is 0. The van der Waals surface area contributed by atoms with Crippen molar-refractivity contribution in [1.29, 1.82) is 0 Å². The standard InChI is InChI=1S/C28H30F3N5O4/c1-2-18-13-20(7-8-21(18)24(39)19-5-3-17(16-38)4-6-19)40-27-26-33-14-23(36(26)10-9-32-27)22-15-35(11-12-37)34-25(22)28(29,30)31/h7-10,13-15,17,19,37-38H,2-6,11-12,16H2,1H3. The Balaban J connectivity index is 1.43. The highest BCUT2D eigenvalue weighted by Gasteiger charge is 2.38. The maximum absolute atomic E-state index is 13.7. The Kier molecular flexibility index (Phi) is 7.90. The van der Waals surface area contributed by atoms with Crippen LogP contribution in [0.1, 0.15) is 54.2 Å². The summed E-state index contributed by atoms with van der Waals surface area (Å²) in [5.41, 5.74) is 0.559. The van der Waals surface area contributed by atoms with Crippen LogP contribution in [0.5, 0.6) is 11.6 Å². The fourth-order valence-electron chi connectivity index (χ4n) is 5.31. The van der Waals surface area contributed by atoms with Crippen molar-refractivity contribution < 1.29 is 32.9 Å². The Hall–Kier alpha value is -3.77. The second-order valence-electron chi connectivity index (χ2n) is 9.98. The van der Waals surface area contributed by atoms with Gasteiger partial charge >= 0.3 is 6.18 Å². The molecule has 0 bridgehead atoms. The Labute approximate surface area is 228 Å². The number of halogens is 3. The molecule has 1 fully saturated rings. The number of ether oxygens (including phenoxy) is 1. The number of nitrogens with zero attached hydrogens (tertiary/aromatic N) is 5. The Morgan fingerprint density at radius 1 is 1.15 bits per heavy atom. The van der Waals surface area contributed by atoms with E-state index in [1.54, 1.807) is 18.2 Å². The number of ketones is 1. The third-order valence-electron chi connectivity index (χ3n) is 7.44. The summed E-state index contributed by atoms with van der Waals surface area (Å²) in [6.45, 7) is 1.66. The maximum atomic E-state index is 13.7. The fourth-order valence-corrected chi connectivity index (χ4v) is 5.31. The number of carbonyl (C=O) groups is 1. The molecule has 0 spiro atoms. The first-order valence-electron chi connectivity index (χ1n) is 13.3. The molecule has 1 aromatic carbocycles. The van der Waals surface area contributed by atoms with E-state index < -0.39 is 11.9 Å². The van der Waals surface area contributed by atoms with Gasteiger partial charge in [-0.1, -0.05) is 6.92 Å². The average Bonchev–Trinajstić information content (AvgIpc) is 3.58. The fraction of sp³-hybridized carbons (Fsp3) is 0.429. The Morgan fingerprint density at radius 3 is 2.60 bits per heavy atom. The van der Waals surface area contributed by atoms with E-state index >= 15 is 0 Å². The summed E-state index contributed by atoms with van der Waals surface area (Å²) >= 11 is 0. The minimum Gasteiger partial charge on any atom is -0.436 e. The number of aliphatic hydroxyl groups is 2. The molecule has 5 rings (SSSR count). The molecule has 1 aliphatic rings. The summed E-state index contributed by atoms with van der Waals surface area (Å²) in [6.07, 6.45) is 4.50. The third kappa shape index (κ3) is 5.46. The quantitative estimate of drug-likeness (QED) is 0.280. The molecule has 9 nitrogen and oxygen atoms in total. The molecule has 0 unspecified atom stereocenters. The topological polar surface area (TPSA) is 115 Å². The van der Waals surface area contributed by atoms with Gasteiger partial charge in [0.05, 0.1) is 30.6 Å². The summed E-state index contributed by atoms with van der Waals surface area (Å²) in [5, 5.41) is 22.2. The highest BCUT2D eigenvalue weighted by Crippen LogP contribution is 2.38. The molecule has 0 radical (unpaired) electrons. The first kappa shape index (κ1) is 27.8. The lowest BCUT2D eigenvalue weighted by molar-refractivity contribution is -0.141. The number of carbonyl (C=O) groups excluding carboxylic acids is 1. The first-order valence-corrected chi connectivity index (χ1v) is 13.3. The lowest BCUT2D eigenvalue weighted by atomic mass is 9.78. The van der Waals surface area contributed by atoms with Crippen molar-refractivity contribution in [2.24, 2.45) is 11.8 Å². The summed E-state index contributed by atoms with van der Waals surface area (Å²) in [6, 6.07) is 5.21. The van der Waals surface area contributed by atoms with Crippen LogP contribution < -0.4 is 4.74 Å². The number of alkyl halides is 3. The smallest absolute Gasteiger partial charge is 0.435 e. The molecule has 212 valence electrons. The summed E-state index contributed by atoms with van der Waals surface area (Å²) < 4.78 is 49.7. The van der Waals surface area contributed by atoms with Gasteiger partial charge in [0.2, 0.25) is 5.65 Å². The van der Waals surface area contributed by atoms with E-state index in [2.05, 4.69) is 15.1 Å². The molecular weight excluding hydrogens is 527 g/mol.